The summed E-state index contributed by atoms with van der Waals surface area (Å²) in [5, 5.41) is 27.6. The number of anilines is 1. The molecule has 1 heterocycles. The van der Waals surface area contributed by atoms with Crippen molar-refractivity contribution in [3.05, 3.63) is 59.4 Å². The van der Waals surface area contributed by atoms with Crippen LogP contribution in [0.4, 0.5) is 5.69 Å². The molecule has 40 heavy (non-hydrogen) atoms. The maximum absolute atomic E-state index is 12.7. The average Bonchev–Trinajstić information content (AvgIpc) is 3.45. The van der Waals surface area contributed by atoms with Gasteiger partial charge in [-0.25, -0.2) is 4.79 Å². The number of rotatable bonds is 15. The number of carbonyl (C=O) groups excluding carboxylic acids is 2. The fraction of sp³-hybridized carbons (Fsp3) is 0.385. The normalized spacial score (nSPS) is 12.3. The molecule has 0 unspecified atom stereocenters. The first-order valence-corrected chi connectivity index (χ1v) is 13.6. The summed E-state index contributed by atoms with van der Waals surface area (Å²) < 4.78 is 5.95. The average molecular weight is 592 g/mol. The fourth-order valence-electron chi connectivity index (χ4n) is 3.87. The molecule has 0 aliphatic carbocycles. The van der Waals surface area contributed by atoms with E-state index in [0.717, 1.165) is 11.3 Å². The van der Waals surface area contributed by atoms with E-state index >= 15 is 0 Å². The second kappa shape index (κ2) is 15.0. The summed E-state index contributed by atoms with van der Waals surface area (Å²) in [6.07, 6.45) is 0.261. The highest BCUT2D eigenvalue weighted by molar-refractivity contribution is 6.18. The van der Waals surface area contributed by atoms with Gasteiger partial charge >= 0.3 is 5.97 Å². The van der Waals surface area contributed by atoms with Crippen LogP contribution in [-0.4, -0.2) is 80.4 Å². The first-order valence-electron chi connectivity index (χ1n) is 12.5. The van der Waals surface area contributed by atoms with Gasteiger partial charge in [-0.15, -0.1) is 33.4 Å². The number of carboxylic acid groups (broad SMARTS) is 1. The van der Waals surface area contributed by atoms with Gasteiger partial charge < -0.3 is 25.4 Å². The Labute approximate surface area is 241 Å². The van der Waals surface area contributed by atoms with E-state index in [1.807, 2.05) is 25.1 Å². The molecule has 0 aliphatic rings. The van der Waals surface area contributed by atoms with E-state index in [1.165, 1.54) is 6.92 Å². The Morgan fingerprint density at radius 2 is 1.73 bits per heavy atom. The lowest BCUT2D eigenvalue weighted by atomic mass is 10.1. The van der Waals surface area contributed by atoms with Gasteiger partial charge in [0.05, 0.1) is 0 Å². The lowest BCUT2D eigenvalue weighted by Gasteiger charge is -2.25. The van der Waals surface area contributed by atoms with Crippen LogP contribution in [0, 0.1) is 6.92 Å². The Morgan fingerprint density at radius 3 is 2.30 bits per heavy atom. The molecule has 0 saturated heterocycles. The number of hydrogen-bond acceptors (Lipinski definition) is 8. The molecule has 0 radical (unpaired) electrons. The lowest BCUT2D eigenvalue weighted by Crippen LogP contribution is -2.50. The third kappa shape index (κ3) is 8.82. The van der Waals surface area contributed by atoms with Gasteiger partial charge in [0.1, 0.15) is 23.6 Å². The fourth-order valence-corrected chi connectivity index (χ4v) is 4.28. The number of nitrogens with one attached hydrogen (secondary N) is 3. The number of tetrazole rings is 1. The first-order chi connectivity index (χ1) is 19.2. The number of aromatic nitrogens is 4. The van der Waals surface area contributed by atoms with Crippen LogP contribution in [0.15, 0.2) is 42.5 Å². The zero-order valence-electron chi connectivity index (χ0n) is 22.1. The smallest absolute Gasteiger partial charge is 0.326 e. The second-order valence-corrected chi connectivity index (χ2v) is 9.66. The number of carbonyl (C=O) groups is 3. The molecule has 0 saturated carbocycles. The molecule has 3 aromatic rings. The van der Waals surface area contributed by atoms with E-state index in [-0.39, 0.29) is 12.8 Å². The molecule has 2 atom stereocenters. The molecule has 3 rings (SSSR count). The molecule has 1 aromatic heterocycles. The van der Waals surface area contributed by atoms with Gasteiger partial charge in [-0.05, 0) is 68.3 Å². The van der Waals surface area contributed by atoms with Crippen molar-refractivity contribution in [1.82, 2.24) is 31.3 Å². The minimum absolute atomic E-state index is 0.0596. The highest BCUT2D eigenvalue weighted by Crippen LogP contribution is 2.28. The summed E-state index contributed by atoms with van der Waals surface area (Å²) in [5.74, 6) is 0.130. The summed E-state index contributed by atoms with van der Waals surface area (Å²) in [4.78, 5) is 38.9. The van der Waals surface area contributed by atoms with Gasteiger partial charge in [-0.2, -0.15) is 5.21 Å². The maximum atomic E-state index is 12.7. The number of halogens is 2. The predicted molar refractivity (Wildman–Crippen MR) is 150 cm³/mol. The van der Waals surface area contributed by atoms with E-state index < -0.39 is 29.9 Å². The number of amides is 2. The van der Waals surface area contributed by atoms with Crippen LogP contribution in [0.5, 0.6) is 11.5 Å². The number of benzene rings is 2. The SMILES string of the molecule is Cc1cc(Oc2ccc(C(=O)N[C@@H](C)C(=O)N[C@@H](CCc3nn[nH]n3)C(=O)O)cc2)ccc1N(CCCl)CCCl. The summed E-state index contributed by atoms with van der Waals surface area (Å²) in [5.41, 5.74) is 2.35. The minimum atomic E-state index is -1.21. The topological polar surface area (TPSA) is 162 Å². The largest absolute Gasteiger partial charge is 0.480 e. The van der Waals surface area contributed by atoms with Crippen LogP contribution in [-0.2, 0) is 16.0 Å². The number of hydrogen-bond donors (Lipinski definition) is 4. The minimum Gasteiger partial charge on any atom is -0.480 e. The van der Waals surface area contributed by atoms with E-state index in [2.05, 4.69) is 36.2 Å². The zero-order chi connectivity index (χ0) is 29.1. The van der Waals surface area contributed by atoms with Crippen molar-refractivity contribution < 1.29 is 24.2 Å². The Bertz CT molecular complexity index is 1270. The number of aryl methyl sites for hydroxylation is 2. The molecule has 214 valence electrons. The van der Waals surface area contributed by atoms with Crippen molar-refractivity contribution in [2.75, 3.05) is 29.7 Å². The lowest BCUT2D eigenvalue weighted by molar-refractivity contribution is -0.142. The van der Waals surface area contributed by atoms with Crippen LogP contribution in [0.25, 0.3) is 0 Å². The van der Waals surface area contributed by atoms with Crippen molar-refractivity contribution in [1.29, 1.82) is 0 Å². The third-order valence-corrected chi connectivity index (χ3v) is 6.31. The van der Waals surface area contributed by atoms with Gasteiger partial charge in [0, 0.05) is 42.5 Å². The summed E-state index contributed by atoms with van der Waals surface area (Å²) >= 11 is 11.8. The van der Waals surface area contributed by atoms with Crippen LogP contribution >= 0.6 is 23.2 Å². The molecule has 4 N–H and O–H groups in total. The molecule has 14 heteroatoms. The molecule has 0 bridgehead atoms. The van der Waals surface area contributed by atoms with Gasteiger partial charge in [0.15, 0.2) is 5.82 Å². The number of carboxylic acids is 1. The molecule has 0 aliphatic heterocycles. The first kappa shape index (κ1) is 30.6. The summed E-state index contributed by atoms with van der Waals surface area (Å²) in [6, 6.07) is 10.0. The molecule has 0 spiro atoms. The number of ether oxygens (including phenoxy) is 1. The summed E-state index contributed by atoms with van der Waals surface area (Å²) in [7, 11) is 0. The quantitative estimate of drug-likeness (QED) is 0.194. The Balaban J connectivity index is 1.55. The van der Waals surface area contributed by atoms with Crippen LogP contribution in [0.3, 0.4) is 0 Å². The van der Waals surface area contributed by atoms with Crippen LogP contribution < -0.4 is 20.3 Å². The van der Waals surface area contributed by atoms with Crippen molar-refractivity contribution in [2.24, 2.45) is 0 Å². The van der Waals surface area contributed by atoms with Gasteiger partial charge in [-0.3, -0.25) is 9.59 Å². The second-order valence-electron chi connectivity index (χ2n) is 8.90. The number of nitrogens with zero attached hydrogens (tertiary/aromatic N) is 4. The van der Waals surface area contributed by atoms with E-state index in [4.69, 9.17) is 27.9 Å². The van der Waals surface area contributed by atoms with Gasteiger partial charge in [0.2, 0.25) is 5.91 Å². The van der Waals surface area contributed by atoms with Crippen molar-refractivity contribution in [3.8, 4) is 11.5 Å². The highest BCUT2D eigenvalue weighted by atomic mass is 35.5. The van der Waals surface area contributed by atoms with Crippen molar-refractivity contribution >= 4 is 46.7 Å². The predicted octanol–water partition coefficient (Wildman–Crippen LogP) is 2.90. The molecular formula is C26H31Cl2N7O5. The number of aromatic amines is 1. The molecule has 2 aromatic carbocycles. The van der Waals surface area contributed by atoms with Crippen molar-refractivity contribution in [3.63, 3.8) is 0 Å². The standard InChI is InChI=1S/C26H31Cl2N7O5/c1-16-15-20(7-9-22(16)35(13-11-27)14-12-28)40-19-5-3-18(4-6-19)25(37)29-17(2)24(36)30-21(26(38)39)8-10-23-31-33-34-32-23/h3-7,9,15,17,21H,8,10-14H2,1-2H3,(H,29,37)(H,30,36)(H,38,39)(H,31,32,33,34)/t17-,21-/m0/s1. The monoisotopic (exact) mass is 591 g/mol. The molecule has 2 amide bonds. The van der Waals surface area contributed by atoms with Crippen molar-refractivity contribution in [2.45, 2.75) is 38.8 Å². The Morgan fingerprint density at radius 1 is 1.05 bits per heavy atom. The number of aliphatic carboxylic acids is 1. The zero-order valence-corrected chi connectivity index (χ0v) is 23.6. The number of H-pyrrole nitrogens is 1. The van der Waals surface area contributed by atoms with Crippen LogP contribution in [0.2, 0.25) is 0 Å². The van der Waals surface area contributed by atoms with E-state index in [0.29, 0.717) is 47.7 Å². The molecule has 12 nitrogen and oxygen atoms in total. The molecular weight excluding hydrogens is 561 g/mol. The number of alkyl halides is 2. The van der Waals surface area contributed by atoms with E-state index in [9.17, 15) is 19.5 Å². The third-order valence-electron chi connectivity index (χ3n) is 5.97. The Hall–Kier alpha value is -3.90. The van der Waals surface area contributed by atoms with E-state index in [1.54, 1.807) is 24.3 Å². The Kier molecular flexibility index (Phi) is 11.5. The molecule has 0 fully saturated rings. The highest BCUT2D eigenvalue weighted by Gasteiger charge is 2.24. The summed E-state index contributed by atoms with van der Waals surface area (Å²) in [6.45, 7) is 4.81. The van der Waals surface area contributed by atoms with Gasteiger partial charge in [-0.1, -0.05) is 5.21 Å². The maximum Gasteiger partial charge on any atom is 0.326 e. The van der Waals surface area contributed by atoms with Gasteiger partial charge in [0.25, 0.3) is 5.91 Å². The van der Waals surface area contributed by atoms with Crippen LogP contribution in [0.1, 0.15) is 35.1 Å².